The average Bonchev–Trinajstić information content (AvgIpc) is 2.38. The lowest BCUT2D eigenvalue weighted by Crippen LogP contribution is -2.52. The van der Waals surface area contributed by atoms with Crippen molar-refractivity contribution in [1.82, 2.24) is 10.2 Å². The van der Waals surface area contributed by atoms with Crippen molar-refractivity contribution in [2.24, 2.45) is 0 Å². The fraction of sp³-hybridized carbons (Fsp3) is 0.462. The first-order valence-corrected chi connectivity index (χ1v) is 5.98. The van der Waals surface area contributed by atoms with Gasteiger partial charge in [-0.15, -0.1) is 0 Å². The van der Waals surface area contributed by atoms with Crippen molar-refractivity contribution >= 4 is 5.91 Å². The minimum absolute atomic E-state index is 0.122. The van der Waals surface area contributed by atoms with E-state index in [1.165, 1.54) is 19.2 Å². The summed E-state index contributed by atoms with van der Waals surface area (Å²) in [5, 5.41) is 3.21. The molecule has 18 heavy (non-hydrogen) atoms. The Hall–Kier alpha value is -1.62. The van der Waals surface area contributed by atoms with Crippen LogP contribution < -0.4 is 10.1 Å². The summed E-state index contributed by atoms with van der Waals surface area (Å²) in [7, 11) is 1.40. The molecule has 1 aliphatic heterocycles. The van der Waals surface area contributed by atoms with Crippen molar-refractivity contribution in [2.45, 2.75) is 13.0 Å². The van der Waals surface area contributed by atoms with E-state index >= 15 is 0 Å². The fourth-order valence-corrected chi connectivity index (χ4v) is 2.11. The zero-order chi connectivity index (χ0) is 13.1. The van der Waals surface area contributed by atoms with E-state index in [4.69, 9.17) is 4.74 Å². The first-order chi connectivity index (χ1) is 8.63. The minimum Gasteiger partial charge on any atom is -0.494 e. The van der Waals surface area contributed by atoms with Crippen molar-refractivity contribution in [3.8, 4) is 5.75 Å². The molecule has 98 valence electrons. The molecule has 1 heterocycles. The van der Waals surface area contributed by atoms with Crippen LogP contribution >= 0.6 is 0 Å². The highest BCUT2D eigenvalue weighted by molar-refractivity contribution is 5.94. The van der Waals surface area contributed by atoms with E-state index in [-0.39, 0.29) is 17.7 Å². The Morgan fingerprint density at radius 2 is 2.33 bits per heavy atom. The number of piperazine rings is 1. The zero-order valence-electron chi connectivity index (χ0n) is 10.6. The fourth-order valence-electron chi connectivity index (χ4n) is 2.11. The Morgan fingerprint density at radius 1 is 1.56 bits per heavy atom. The van der Waals surface area contributed by atoms with Crippen LogP contribution in [0.3, 0.4) is 0 Å². The van der Waals surface area contributed by atoms with E-state index in [2.05, 4.69) is 5.32 Å². The second kappa shape index (κ2) is 5.35. The second-order valence-electron chi connectivity index (χ2n) is 4.40. The van der Waals surface area contributed by atoms with Crippen LogP contribution in [0.25, 0.3) is 0 Å². The number of rotatable bonds is 2. The summed E-state index contributed by atoms with van der Waals surface area (Å²) in [6, 6.07) is 4.43. The third-order valence-electron chi connectivity index (χ3n) is 3.16. The van der Waals surface area contributed by atoms with Gasteiger partial charge in [-0.3, -0.25) is 4.79 Å². The maximum Gasteiger partial charge on any atom is 0.254 e. The molecule has 0 radical (unpaired) electrons. The first-order valence-electron chi connectivity index (χ1n) is 5.98. The molecule has 1 aromatic rings. The Balaban J connectivity index is 2.20. The molecule has 0 unspecified atom stereocenters. The Morgan fingerprint density at radius 3 is 2.94 bits per heavy atom. The summed E-state index contributed by atoms with van der Waals surface area (Å²) < 4.78 is 18.4. The summed E-state index contributed by atoms with van der Waals surface area (Å²) in [6.45, 7) is 4.16. The van der Waals surface area contributed by atoms with Gasteiger partial charge in [0.2, 0.25) is 0 Å². The van der Waals surface area contributed by atoms with Gasteiger partial charge < -0.3 is 15.0 Å². The summed E-state index contributed by atoms with van der Waals surface area (Å²) in [5.41, 5.74) is 0.363. The second-order valence-corrected chi connectivity index (χ2v) is 4.40. The minimum atomic E-state index is -0.508. The van der Waals surface area contributed by atoms with E-state index in [0.29, 0.717) is 12.1 Å². The highest BCUT2D eigenvalue weighted by Gasteiger charge is 2.24. The van der Waals surface area contributed by atoms with E-state index in [1.807, 2.05) is 6.92 Å². The molecule has 4 nitrogen and oxygen atoms in total. The van der Waals surface area contributed by atoms with Crippen molar-refractivity contribution in [3.63, 3.8) is 0 Å². The Bertz CT molecular complexity index is 451. The van der Waals surface area contributed by atoms with Gasteiger partial charge in [0.05, 0.1) is 7.11 Å². The maximum absolute atomic E-state index is 13.6. The monoisotopic (exact) mass is 252 g/mol. The Labute approximate surface area is 106 Å². The standard InChI is InChI=1S/C13H17FN2O2/c1-9-8-15-5-6-16(9)13(17)10-3-4-12(18-2)11(14)7-10/h3-4,7,9,15H,5-6,8H2,1-2H3/t9-/m1/s1. The van der Waals surface area contributed by atoms with Gasteiger partial charge in [0.25, 0.3) is 5.91 Å². The van der Waals surface area contributed by atoms with Crippen LogP contribution in [0.2, 0.25) is 0 Å². The number of hydrogen-bond donors (Lipinski definition) is 1. The van der Waals surface area contributed by atoms with E-state index in [0.717, 1.165) is 13.1 Å². The molecule has 1 atom stereocenters. The maximum atomic E-state index is 13.6. The van der Waals surface area contributed by atoms with Gasteiger partial charge in [-0.2, -0.15) is 0 Å². The predicted octanol–water partition coefficient (Wildman–Crippen LogP) is 1.27. The molecule has 1 amide bonds. The summed E-state index contributed by atoms with van der Waals surface area (Å²) in [6.07, 6.45) is 0. The number of benzene rings is 1. The van der Waals surface area contributed by atoms with Crippen molar-refractivity contribution in [3.05, 3.63) is 29.6 Å². The molecule has 1 fully saturated rings. The highest BCUT2D eigenvalue weighted by atomic mass is 19.1. The van der Waals surface area contributed by atoms with Crippen LogP contribution in [0.15, 0.2) is 18.2 Å². The van der Waals surface area contributed by atoms with Gasteiger partial charge >= 0.3 is 0 Å². The van der Waals surface area contributed by atoms with Crippen LogP contribution in [0.5, 0.6) is 5.75 Å². The number of ether oxygens (including phenoxy) is 1. The molecular weight excluding hydrogens is 235 g/mol. The molecule has 2 rings (SSSR count). The quantitative estimate of drug-likeness (QED) is 0.861. The smallest absolute Gasteiger partial charge is 0.254 e. The van der Waals surface area contributed by atoms with Crippen LogP contribution in [0, 0.1) is 5.82 Å². The van der Waals surface area contributed by atoms with Gasteiger partial charge in [-0.05, 0) is 25.1 Å². The number of halogens is 1. The lowest BCUT2D eigenvalue weighted by Gasteiger charge is -2.34. The normalized spacial score (nSPS) is 19.7. The molecule has 5 heteroatoms. The first kappa shape index (κ1) is 12.8. The average molecular weight is 252 g/mol. The van der Waals surface area contributed by atoms with Gasteiger partial charge in [0.1, 0.15) is 0 Å². The van der Waals surface area contributed by atoms with Crippen LogP contribution in [0.1, 0.15) is 17.3 Å². The molecule has 0 saturated carbocycles. The number of nitrogens with zero attached hydrogens (tertiary/aromatic N) is 1. The topological polar surface area (TPSA) is 41.6 Å². The Kier molecular flexibility index (Phi) is 3.81. The molecule has 0 aromatic heterocycles. The zero-order valence-corrected chi connectivity index (χ0v) is 10.6. The van der Waals surface area contributed by atoms with Crippen LogP contribution in [-0.2, 0) is 0 Å². The van der Waals surface area contributed by atoms with E-state index in [9.17, 15) is 9.18 Å². The lowest BCUT2D eigenvalue weighted by atomic mass is 10.1. The largest absolute Gasteiger partial charge is 0.494 e. The molecule has 0 aliphatic carbocycles. The summed E-state index contributed by atoms with van der Waals surface area (Å²) in [5.74, 6) is -0.489. The van der Waals surface area contributed by atoms with Crippen LogP contribution in [0.4, 0.5) is 4.39 Å². The number of carbonyl (C=O) groups excluding carboxylic acids is 1. The molecular formula is C13H17FN2O2. The highest BCUT2D eigenvalue weighted by Crippen LogP contribution is 2.19. The molecule has 1 saturated heterocycles. The van der Waals surface area contributed by atoms with E-state index in [1.54, 1.807) is 11.0 Å². The third-order valence-corrected chi connectivity index (χ3v) is 3.16. The third kappa shape index (κ3) is 2.46. The van der Waals surface area contributed by atoms with Crippen LogP contribution in [-0.4, -0.2) is 43.6 Å². The lowest BCUT2D eigenvalue weighted by molar-refractivity contribution is 0.0655. The van der Waals surface area contributed by atoms with E-state index < -0.39 is 5.82 Å². The summed E-state index contributed by atoms with van der Waals surface area (Å²) >= 11 is 0. The van der Waals surface area contributed by atoms with Gasteiger partial charge in [0, 0.05) is 31.2 Å². The number of hydrogen-bond acceptors (Lipinski definition) is 3. The number of methoxy groups -OCH3 is 1. The number of carbonyl (C=O) groups is 1. The van der Waals surface area contributed by atoms with Gasteiger partial charge in [0.15, 0.2) is 11.6 Å². The van der Waals surface area contributed by atoms with Gasteiger partial charge in [-0.1, -0.05) is 0 Å². The molecule has 0 bridgehead atoms. The number of amides is 1. The molecule has 1 aromatic carbocycles. The molecule has 0 spiro atoms. The van der Waals surface area contributed by atoms with Crippen molar-refractivity contribution in [2.75, 3.05) is 26.7 Å². The number of nitrogens with one attached hydrogen (secondary N) is 1. The van der Waals surface area contributed by atoms with Crippen molar-refractivity contribution < 1.29 is 13.9 Å². The van der Waals surface area contributed by atoms with Crippen molar-refractivity contribution in [1.29, 1.82) is 0 Å². The predicted molar refractivity (Wildman–Crippen MR) is 66.3 cm³/mol. The van der Waals surface area contributed by atoms with Gasteiger partial charge in [-0.25, -0.2) is 4.39 Å². The summed E-state index contributed by atoms with van der Waals surface area (Å²) in [4.78, 5) is 14.0. The molecule has 1 N–H and O–H groups in total. The SMILES string of the molecule is COc1ccc(C(=O)N2CCNC[C@H]2C)cc1F. The molecule has 1 aliphatic rings.